The molecule has 2 aromatic carbocycles. The van der Waals surface area contributed by atoms with Crippen molar-refractivity contribution in [3.8, 4) is 0 Å². The van der Waals surface area contributed by atoms with Crippen LogP contribution in [0.2, 0.25) is 0 Å². The zero-order chi connectivity index (χ0) is 26.3. The first kappa shape index (κ1) is 24.6. The molecule has 12 heteroatoms. The zero-order valence-corrected chi connectivity index (χ0v) is 19.7. The van der Waals surface area contributed by atoms with Gasteiger partial charge in [0.2, 0.25) is 5.82 Å². The molecule has 0 fully saturated rings. The number of hydrogen-bond donors (Lipinski definition) is 2. The van der Waals surface area contributed by atoms with E-state index in [0.29, 0.717) is 22.0 Å². The molecule has 37 heavy (non-hydrogen) atoms. The van der Waals surface area contributed by atoms with Crippen LogP contribution in [0.25, 0.3) is 10.8 Å². The molecule has 1 aliphatic heterocycles. The van der Waals surface area contributed by atoms with Crippen LogP contribution < -0.4 is 10.9 Å². The molecule has 4 aromatic rings. The topological polar surface area (TPSA) is 95.9 Å². The summed E-state index contributed by atoms with van der Waals surface area (Å²) in [4.78, 5) is 30.5. The third kappa shape index (κ3) is 4.59. The fraction of sp³-hybridized carbons (Fsp3) is 0.280. The highest BCUT2D eigenvalue weighted by Gasteiger charge is 2.40. The SMILES string of the molecule is CNCc1nc(C(F)(F)F)n2c1CN(C(=O)c1cc(Cc3n[nH]c(=O)c4ccccc34)ccc1F)CC2. The molecular weight excluding hydrogens is 492 g/mol. The largest absolute Gasteiger partial charge is 0.449 e. The molecule has 0 atom stereocenters. The number of rotatable bonds is 5. The second-order valence-electron chi connectivity index (χ2n) is 8.77. The van der Waals surface area contributed by atoms with Crippen LogP contribution in [0.1, 0.15) is 38.8 Å². The van der Waals surface area contributed by atoms with Crippen LogP contribution in [0.5, 0.6) is 0 Å². The molecule has 8 nitrogen and oxygen atoms in total. The summed E-state index contributed by atoms with van der Waals surface area (Å²) in [6.45, 7) is -0.173. The van der Waals surface area contributed by atoms with Crippen molar-refractivity contribution in [3.63, 3.8) is 0 Å². The van der Waals surface area contributed by atoms with Crippen LogP contribution in [0.4, 0.5) is 17.6 Å². The van der Waals surface area contributed by atoms with Gasteiger partial charge in [-0.2, -0.15) is 18.3 Å². The van der Waals surface area contributed by atoms with E-state index in [0.717, 1.165) is 4.57 Å². The molecule has 0 saturated heterocycles. The molecule has 5 rings (SSSR count). The van der Waals surface area contributed by atoms with Crippen molar-refractivity contribution >= 4 is 16.7 Å². The van der Waals surface area contributed by atoms with Crippen LogP contribution >= 0.6 is 0 Å². The fourth-order valence-corrected chi connectivity index (χ4v) is 4.65. The maximum atomic E-state index is 14.8. The third-order valence-corrected chi connectivity index (χ3v) is 6.38. The van der Waals surface area contributed by atoms with Crippen LogP contribution in [-0.4, -0.2) is 44.1 Å². The van der Waals surface area contributed by atoms with Crippen molar-refractivity contribution in [1.29, 1.82) is 0 Å². The minimum Gasteiger partial charge on any atom is -0.331 e. The van der Waals surface area contributed by atoms with Gasteiger partial charge in [-0.1, -0.05) is 24.3 Å². The quantitative estimate of drug-likeness (QED) is 0.399. The molecule has 192 valence electrons. The highest BCUT2D eigenvalue weighted by Crippen LogP contribution is 2.32. The molecule has 0 saturated carbocycles. The Morgan fingerprint density at radius 1 is 1.11 bits per heavy atom. The summed E-state index contributed by atoms with van der Waals surface area (Å²) in [7, 11) is 1.59. The highest BCUT2D eigenvalue weighted by molar-refractivity contribution is 5.95. The number of nitrogens with one attached hydrogen (secondary N) is 2. The first-order valence-electron chi connectivity index (χ1n) is 11.5. The molecule has 0 aliphatic carbocycles. The van der Waals surface area contributed by atoms with E-state index in [2.05, 4.69) is 20.5 Å². The average molecular weight is 514 g/mol. The van der Waals surface area contributed by atoms with Crippen molar-refractivity contribution < 1.29 is 22.4 Å². The first-order valence-corrected chi connectivity index (χ1v) is 11.5. The molecule has 3 heterocycles. The molecule has 0 bridgehead atoms. The number of amides is 1. The third-order valence-electron chi connectivity index (χ3n) is 6.38. The van der Waals surface area contributed by atoms with Crippen molar-refractivity contribution in [2.24, 2.45) is 0 Å². The summed E-state index contributed by atoms with van der Waals surface area (Å²) in [5, 5.41) is 10.5. The number of benzene rings is 2. The van der Waals surface area contributed by atoms with Gasteiger partial charge < -0.3 is 14.8 Å². The monoisotopic (exact) mass is 514 g/mol. The highest BCUT2D eigenvalue weighted by atomic mass is 19.4. The van der Waals surface area contributed by atoms with Crippen molar-refractivity contribution in [3.05, 3.63) is 92.7 Å². The number of imidazole rings is 1. The van der Waals surface area contributed by atoms with Gasteiger partial charge in [0.05, 0.1) is 34.6 Å². The number of hydrogen-bond acceptors (Lipinski definition) is 5. The van der Waals surface area contributed by atoms with Gasteiger partial charge in [-0.25, -0.2) is 14.5 Å². The van der Waals surface area contributed by atoms with E-state index in [-0.39, 0.29) is 55.1 Å². The number of aromatic nitrogens is 4. The Hall–Kier alpha value is -4.06. The van der Waals surface area contributed by atoms with Gasteiger partial charge in [0.1, 0.15) is 5.82 Å². The van der Waals surface area contributed by atoms with E-state index < -0.39 is 23.7 Å². The Labute approximate surface area is 207 Å². The van der Waals surface area contributed by atoms with E-state index in [1.807, 2.05) is 0 Å². The zero-order valence-electron chi connectivity index (χ0n) is 19.7. The molecular formula is C25H22F4N6O2. The van der Waals surface area contributed by atoms with Gasteiger partial charge in [-0.3, -0.25) is 9.59 Å². The number of carbonyl (C=O) groups is 1. The number of alkyl halides is 3. The maximum Gasteiger partial charge on any atom is 0.449 e. The van der Waals surface area contributed by atoms with E-state index in [4.69, 9.17) is 0 Å². The van der Waals surface area contributed by atoms with Crippen LogP contribution in [0.15, 0.2) is 47.3 Å². The second-order valence-corrected chi connectivity index (χ2v) is 8.77. The fourth-order valence-electron chi connectivity index (χ4n) is 4.65. The predicted octanol–water partition coefficient (Wildman–Crippen LogP) is 3.24. The van der Waals surface area contributed by atoms with Gasteiger partial charge in [0.25, 0.3) is 11.5 Å². The summed E-state index contributed by atoms with van der Waals surface area (Å²) in [6.07, 6.45) is -4.40. The van der Waals surface area contributed by atoms with Gasteiger partial charge in [-0.05, 0) is 30.8 Å². The van der Waals surface area contributed by atoms with Gasteiger partial charge >= 0.3 is 6.18 Å². The van der Waals surface area contributed by atoms with E-state index in [9.17, 15) is 27.2 Å². The smallest absolute Gasteiger partial charge is 0.331 e. The first-order chi connectivity index (χ1) is 17.7. The molecule has 1 amide bonds. The molecule has 0 radical (unpaired) electrons. The van der Waals surface area contributed by atoms with Crippen molar-refractivity contribution in [2.75, 3.05) is 13.6 Å². The Balaban J connectivity index is 1.44. The van der Waals surface area contributed by atoms with Gasteiger partial charge in [0, 0.05) is 31.4 Å². The Bertz CT molecular complexity index is 1560. The summed E-state index contributed by atoms with van der Waals surface area (Å²) in [5.74, 6) is -2.37. The maximum absolute atomic E-state index is 14.8. The summed E-state index contributed by atoms with van der Waals surface area (Å²) >= 11 is 0. The number of fused-ring (bicyclic) bond motifs is 2. The Kier molecular flexibility index (Phi) is 6.28. The van der Waals surface area contributed by atoms with E-state index in [1.54, 1.807) is 31.3 Å². The minimum atomic E-state index is -4.63. The summed E-state index contributed by atoms with van der Waals surface area (Å²) in [6, 6.07) is 11.1. The summed E-state index contributed by atoms with van der Waals surface area (Å²) < 4.78 is 56.3. The van der Waals surface area contributed by atoms with Crippen LogP contribution in [0, 0.1) is 5.82 Å². The lowest BCUT2D eigenvalue weighted by Gasteiger charge is -2.30. The molecule has 2 aromatic heterocycles. The number of aromatic amines is 1. The van der Waals surface area contributed by atoms with Crippen molar-refractivity contribution in [1.82, 2.24) is 30.0 Å². The van der Waals surface area contributed by atoms with E-state index in [1.165, 1.54) is 23.1 Å². The molecule has 2 N–H and O–H groups in total. The van der Waals surface area contributed by atoms with Gasteiger partial charge in [-0.15, -0.1) is 0 Å². The minimum absolute atomic E-state index is 0.0277. The number of nitrogens with zero attached hydrogens (tertiary/aromatic N) is 4. The van der Waals surface area contributed by atoms with E-state index >= 15 is 0 Å². The van der Waals surface area contributed by atoms with Crippen LogP contribution in [0.3, 0.4) is 0 Å². The lowest BCUT2D eigenvalue weighted by Crippen LogP contribution is -2.39. The Morgan fingerprint density at radius 3 is 2.59 bits per heavy atom. The number of carbonyl (C=O) groups excluding carboxylic acids is 1. The lowest BCUT2D eigenvalue weighted by molar-refractivity contribution is -0.147. The average Bonchev–Trinajstić information content (AvgIpc) is 3.25. The number of halogens is 4. The molecule has 1 aliphatic rings. The predicted molar refractivity (Wildman–Crippen MR) is 126 cm³/mol. The number of H-pyrrole nitrogens is 1. The van der Waals surface area contributed by atoms with Crippen molar-refractivity contribution in [2.45, 2.75) is 32.2 Å². The normalized spacial score (nSPS) is 13.7. The second kappa shape index (κ2) is 9.43. The van der Waals surface area contributed by atoms with Gasteiger partial charge in [0.15, 0.2) is 0 Å². The lowest BCUT2D eigenvalue weighted by atomic mass is 10.0. The molecule has 0 spiro atoms. The van der Waals surface area contributed by atoms with Crippen LogP contribution in [-0.2, 0) is 32.2 Å². The Morgan fingerprint density at radius 2 is 1.86 bits per heavy atom. The molecule has 0 unspecified atom stereocenters. The summed E-state index contributed by atoms with van der Waals surface area (Å²) in [5.41, 5.74) is 1.08. The standard InChI is InChI=1S/C25H22F4N6O2/c1-30-12-20-21-13-34(8-9-35(21)24(31-20)25(27,28)29)23(37)17-10-14(6-7-18(17)26)11-19-15-4-2-3-5-16(15)22(36)33-32-19/h2-7,10,30H,8-9,11-13H2,1H3,(H,33,36).